The van der Waals surface area contributed by atoms with Crippen LogP contribution >= 0.6 is 0 Å². The van der Waals surface area contributed by atoms with Crippen LogP contribution in [0.1, 0.15) is 43.7 Å². The van der Waals surface area contributed by atoms with Crippen molar-refractivity contribution in [2.75, 3.05) is 33.0 Å². The second kappa shape index (κ2) is 8.35. The van der Waals surface area contributed by atoms with Gasteiger partial charge in [-0.05, 0) is 40.4 Å². The van der Waals surface area contributed by atoms with E-state index in [0.29, 0.717) is 17.8 Å². The standard InChI is InChI=1S/C21H29N5O4/c1-6-29-20(28)26-18(22)15-12-25(21(2,3)17(15)23-26)19(27)30-16(13-24(4)5)14-10-8-7-9-11-14/h7-11,16H,6,12-13,22H2,1-5H3. The van der Waals surface area contributed by atoms with E-state index in [4.69, 9.17) is 15.2 Å². The van der Waals surface area contributed by atoms with Crippen LogP contribution < -0.4 is 5.73 Å². The van der Waals surface area contributed by atoms with Crippen molar-refractivity contribution in [2.45, 2.75) is 39.0 Å². The van der Waals surface area contributed by atoms with Crippen LogP contribution in [0, 0.1) is 0 Å². The molecule has 3 rings (SSSR count). The minimum atomic E-state index is -0.794. The second-order valence-corrected chi connectivity index (χ2v) is 8.01. The Bertz CT molecular complexity index is 923. The third-order valence-corrected chi connectivity index (χ3v) is 5.20. The minimum Gasteiger partial charge on any atom is -0.448 e. The number of nitrogens with two attached hydrogens (primary N) is 1. The molecular formula is C21H29N5O4. The largest absolute Gasteiger partial charge is 0.448 e. The molecule has 0 saturated heterocycles. The van der Waals surface area contributed by atoms with Gasteiger partial charge in [0.2, 0.25) is 0 Å². The molecule has 1 aromatic carbocycles. The lowest BCUT2D eigenvalue weighted by Gasteiger charge is -2.33. The maximum atomic E-state index is 13.1. The molecule has 2 aromatic rings. The average molecular weight is 415 g/mol. The lowest BCUT2D eigenvalue weighted by molar-refractivity contribution is 0.0257. The van der Waals surface area contributed by atoms with Crippen molar-refractivity contribution in [3.8, 4) is 0 Å². The summed E-state index contributed by atoms with van der Waals surface area (Å²) in [6.45, 7) is 6.39. The van der Waals surface area contributed by atoms with Crippen LogP contribution in [-0.2, 0) is 21.6 Å². The van der Waals surface area contributed by atoms with Crippen LogP contribution in [0.25, 0.3) is 0 Å². The number of benzene rings is 1. The predicted molar refractivity (Wildman–Crippen MR) is 112 cm³/mol. The zero-order chi connectivity index (χ0) is 22.1. The van der Waals surface area contributed by atoms with Crippen molar-refractivity contribution in [3.05, 3.63) is 47.2 Å². The van der Waals surface area contributed by atoms with E-state index in [1.807, 2.05) is 63.2 Å². The topological polar surface area (TPSA) is 103 Å². The van der Waals surface area contributed by atoms with Gasteiger partial charge in [-0.3, -0.25) is 4.90 Å². The first kappa shape index (κ1) is 21.6. The molecule has 1 amide bonds. The number of nitrogens with zero attached hydrogens (tertiary/aromatic N) is 4. The molecular weight excluding hydrogens is 386 g/mol. The lowest BCUT2D eigenvalue weighted by atomic mass is 10.0. The van der Waals surface area contributed by atoms with E-state index in [-0.39, 0.29) is 19.0 Å². The van der Waals surface area contributed by atoms with E-state index >= 15 is 0 Å². The van der Waals surface area contributed by atoms with Crippen LogP contribution in [0.3, 0.4) is 0 Å². The molecule has 0 fully saturated rings. The highest BCUT2D eigenvalue weighted by Gasteiger charge is 2.46. The molecule has 2 N–H and O–H groups in total. The SMILES string of the molecule is CCOC(=O)n1nc2c(c1N)CN(C(=O)OC(CN(C)C)c1ccccc1)C2(C)C. The molecule has 0 spiro atoms. The second-order valence-electron chi connectivity index (χ2n) is 8.01. The maximum absolute atomic E-state index is 13.1. The number of carbonyl (C=O) groups is 2. The summed E-state index contributed by atoms with van der Waals surface area (Å²) in [6, 6.07) is 9.63. The maximum Gasteiger partial charge on any atom is 0.436 e. The number of likely N-dealkylation sites (N-methyl/N-ethyl adjacent to an activating group) is 1. The van der Waals surface area contributed by atoms with Gasteiger partial charge in [-0.15, -0.1) is 4.68 Å². The number of ether oxygens (including phenoxy) is 2. The Hall–Kier alpha value is -3.07. The van der Waals surface area contributed by atoms with Crippen LogP contribution in [0.5, 0.6) is 0 Å². The van der Waals surface area contributed by atoms with Gasteiger partial charge >= 0.3 is 12.2 Å². The summed E-state index contributed by atoms with van der Waals surface area (Å²) in [5.41, 5.74) is 7.46. The number of anilines is 1. The summed E-state index contributed by atoms with van der Waals surface area (Å²) in [6.07, 6.45) is -1.52. The Kier molecular flexibility index (Phi) is 6.02. The molecule has 1 unspecified atom stereocenters. The van der Waals surface area contributed by atoms with Gasteiger partial charge in [0.25, 0.3) is 0 Å². The third-order valence-electron chi connectivity index (χ3n) is 5.20. The van der Waals surface area contributed by atoms with Gasteiger partial charge in [0.05, 0.1) is 24.4 Å². The van der Waals surface area contributed by atoms with Gasteiger partial charge in [0, 0.05) is 12.1 Å². The first-order chi connectivity index (χ1) is 14.2. The Morgan fingerprint density at radius 1 is 1.23 bits per heavy atom. The summed E-state index contributed by atoms with van der Waals surface area (Å²) >= 11 is 0. The van der Waals surface area contributed by atoms with Gasteiger partial charge in [-0.25, -0.2) is 9.59 Å². The number of hydrogen-bond donors (Lipinski definition) is 1. The normalized spacial score (nSPS) is 15.7. The van der Waals surface area contributed by atoms with Crippen LogP contribution in [-0.4, -0.2) is 59.0 Å². The molecule has 1 atom stereocenters. The Morgan fingerprint density at radius 2 is 1.90 bits per heavy atom. The summed E-state index contributed by atoms with van der Waals surface area (Å²) < 4.78 is 12.0. The highest BCUT2D eigenvalue weighted by atomic mass is 16.6. The fourth-order valence-corrected chi connectivity index (χ4v) is 3.61. The number of aromatic nitrogens is 2. The number of carbonyl (C=O) groups excluding carboxylic acids is 2. The Morgan fingerprint density at radius 3 is 2.47 bits per heavy atom. The van der Waals surface area contributed by atoms with Crippen molar-refractivity contribution in [1.29, 1.82) is 0 Å². The Labute approximate surface area is 176 Å². The summed E-state index contributed by atoms with van der Waals surface area (Å²) in [4.78, 5) is 28.8. The van der Waals surface area contributed by atoms with E-state index in [9.17, 15) is 9.59 Å². The third kappa shape index (κ3) is 3.97. The summed E-state index contributed by atoms with van der Waals surface area (Å²) in [5, 5.41) is 4.34. The fourth-order valence-electron chi connectivity index (χ4n) is 3.61. The van der Waals surface area contributed by atoms with Gasteiger partial charge < -0.3 is 20.1 Å². The summed E-state index contributed by atoms with van der Waals surface area (Å²) in [7, 11) is 3.86. The van der Waals surface area contributed by atoms with Crippen LogP contribution in [0.15, 0.2) is 30.3 Å². The number of hydrogen-bond acceptors (Lipinski definition) is 7. The van der Waals surface area contributed by atoms with E-state index in [2.05, 4.69) is 5.10 Å². The molecule has 2 heterocycles. The molecule has 1 aromatic heterocycles. The molecule has 0 aliphatic carbocycles. The predicted octanol–water partition coefficient (Wildman–Crippen LogP) is 2.96. The van der Waals surface area contributed by atoms with Crippen LogP contribution in [0.2, 0.25) is 0 Å². The molecule has 0 bridgehead atoms. The highest BCUT2D eigenvalue weighted by Crippen LogP contribution is 2.41. The van der Waals surface area contributed by atoms with E-state index < -0.39 is 23.8 Å². The molecule has 162 valence electrons. The van der Waals surface area contributed by atoms with E-state index in [1.54, 1.807) is 11.8 Å². The van der Waals surface area contributed by atoms with Crippen molar-refractivity contribution in [3.63, 3.8) is 0 Å². The molecule has 30 heavy (non-hydrogen) atoms. The quantitative estimate of drug-likeness (QED) is 0.801. The summed E-state index contributed by atoms with van der Waals surface area (Å²) in [5.74, 6) is 0.180. The molecule has 0 saturated carbocycles. The monoisotopic (exact) mass is 415 g/mol. The average Bonchev–Trinajstić information content (AvgIpc) is 3.16. The fraction of sp³-hybridized carbons (Fsp3) is 0.476. The first-order valence-electron chi connectivity index (χ1n) is 9.89. The van der Waals surface area contributed by atoms with Crippen LogP contribution in [0.4, 0.5) is 15.4 Å². The molecule has 9 heteroatoms. The number of rotatable bonds is 5. The minimum absolute atomic E-state index is 0.180. The number of fused-ring (bicyclic) bond motifs is 1. The van der Waals surface area contributed by atoms with Gasteiger partial charge in [-0.1, -0.05) is 30.3 Å². The smallest absolute Gasteiger partial charge is 0.436 e. The van der Waals surface area contributed by atoms with Gasteiger partial charge in [0.15, 0.2) is 0 Å². The molecule has 9 nitrogen and oxygen atoms in total. The molecule has 1 aliphatic heterocycles. The highest BCUT2D eigenvalue weighted by molar-refractivity contribution is 5.77. The van der Waals surface area contributed by atoms with Crippen molar-refractivity contribution in [2.24, 2.45) is 0 Å². The van der Waals surface area contributed by atoms with E-state index in [0.717, 1.165) is 10.2 Å². The number of amides is 1. The Balaban J connectivity index is 1.83. The first-order valence-corrected chi connectivity index (χ1v) is 9.89. The number of nitrogen functional groups attached to an aromatic ring is 1. The van der Waals surface area contributed by atoms with Crippen molar-refractivity contribution >= 4 is 18.0 Å². The zero-order valence-corrected chi connectivity index (χ0v) is 18.1. The molecule has 0 radical (unpaired) electrons. The zero-order valence-electron chi connectivity index (χ0n) is 18.1. The lowest BCUT2D eigenvalue weighted by Crippen LogP contribution is -2.42. The van der Waals surface area contributed by atoms with Gasteiger partial charge in [0.1, 0.15) is 11.9 Å². The van der Waals surface area contributed by atoms with E-state index in [1.165, 1.54) is 0 Å². The van der Waals surface area contributed by atoms with Crippen molar-refractivity contribution < 1.29 is 19.1 Å². The van der Waals surface area contributed by atoms with Crippen molar-refractivity contribution in [1.82, 2.24) is 19.6 Å². The van der Waals surface area contributed by atoms with Gasteiger partial charge in [-0.2, -0.15) is 5.10 Å². The molecule has 1 aliphatic rings.